The van der Waals surface area contributed by atoms with E-state index in [1.54, 1.807) is 12.1 Å². The molecule has 1 amide bonds. The molecular weight excluding hydrogens is 323 g/mol. The normalized spacial score (nSPS) is 13.4. The Morgan fingerprint density at radius 1 is 1.26 bits per heavy atom. The van der Waals surface area contributed by atoms with Crippen LogP contribution in [0.15, 0.2) is 24.3 Å². The number of hydrogen-bond acceptors (Lipinski definition) is 1. The number of amides is 1. The van der Waals surface area contributed by atoms with Crippen LogP contribution in [0.1, 0.15) is 19.4 Å². The average Bonchev–Trinajstić information content (AvgIpc) is 2.30. The van der Waals surface area contributed by atoms with Crippen molar-refractivity contribution in [2.45, 2.75) is 31.3 Å². The molecule has 0 aliphatic carbocycles. The first-order chi connectivity index (χ1) is 8.70. The van der Waals surface area contributed by atoms with E-state index >= 15 is 0 Å². The van der Waals surface area contributed by atoms with Crippen LogP contribution in [0.4, 0.5) is 18.9 Å². The minimum absolute atomic E-state index is 0.141. The lowest BCUT2D eigenvalue weighted by Gasteiger charge is -2.14. The number of nitrogens with one attached hydrogen (secondary N) is 1. The molecular formula is C13H15BrF3NO. The third-order valence-corrected chi connectivity index (χ3v) is 4.00. The van der Waals surface area contributed by atoms with Crippen molar-refractivity contribution in [3.05, 3.63) is 29.8 Å². The summed E-state index contributed by atoms with van der Waals surface area (Å²) in [5, 5.41) is 1.81. The fraction of sp³-hybridized carbons (Fsp3) is 0.462. The zero-order chi connectivity index (χ0) is 14.6. The Bertz CT molecular complexity index is 429. The summed E-state index contributed by atoms with van der Waals surface area (Å²) in [6.45, 7) is 4.16. The zero-order valence-corrected chi connectivity index (χ0v) is 12.2. The van der Waals surface area contributed by atoms with Crippen molar-refractivity contribution in [1.29, 1.82) is 0 Å². The van der Waals surface area contributed by atoms with Crippen molar-refractivity contribution in [3.63, 3.8) is 0 Å². The van der Waals surface area contributed by atoms with Gasteiger partial charge >= 0.3 is 12.1 Å². The third-order valence-electron chi connectivity index (χ3n) is 2.62. The number of alkyl halides is 4. The predicted molar refractivity (Wildman–Crippen MR) is 72.4 cm³/mol. The van der Waals surface area contributed by atoms with Gasteiger partial charge in [-0.2, -0.15) is 13.2 Å². The van der Waals surface area contributed by atoms with Gasteiger partial charge in [0.25, 0.3) is 0 Å². The topological polar surface area (TPSA) is 29.1 Å². The van der Waals surface area contributed by atoms with E-state index in [0.29, 0.717) is 10.7 Å². The van der Waals surface area contributed by atoms with Crippen LogP contribution in [0.5, 0.6) is 0 Å². The van der Waals surface area contributed by atoms with E-state index in [0.717, 1.165) is 12.0 Å². The minimum Gasteiger partial charge on any atom is -0.318 e. The Morgan fingerprint density at radius 3 is 2.21 bits per heavy atom. The van der Waals surface area contributed by atoms with Crippen LogP contribution in [0.3, 0.4) is 0 Å². The van der Waals surface area contributed by atoms with Gasteiger partial charge in [-0.25, -0.2) is 0 Å². The van der Waals surface area contributed by atoms with E-state index < -0.39 is 12.1 Å². The van der Waals surface area contributed by atoms with Gasteiger partial charge in [-0.15, -0.1) is 0 Å². The summed E-state index contributed by atoms with van der Waals surface area (Å²) >= 11 is 3.55. The number of rotatable bonds is 4. The molecule has 0 spiro atoms. The quantitative estimate of drug-likeness (QED) is 0.821. The van der Waals surface area contributed by atoms with E-state index in [9.17, 15) is 18.0 Å². The lowest BCUT2D eigenvalue weighted by Crippen LogP contribution is -2.29. The van der Waals surface area contributed by atoms with Gasteiger partial charge in [0.1, 0.15) is 0 Å². The molecule has 6 heteroatoms. The summed E-state index contributed by atoms with van der Waals surface area (Å²) in [5.41, 5.74) is 1.14. The lowest BCUT2D eigenvalue weighted by molar-refractivity contribution is -0.167. The molecule has 0 aliphatic rings. The Balaban J connectivity index is 2.64. The summed E-state index contributed by atoms with van der Waals surface area (Å²) in [7, 11) is 0. The molecule has 0 saturated carbocycles. The summed E-state index contributed by atoms with van der Waals surface area (Å²) in [6.07, 6.45) is -4.08. The van der Waals surface area contributed by atoms with Crippen molar-refractivity contribution in [3.8, 4) is 0 Å². The highest BCUT2D eigenvalue weighted by molar-refractivity contribution is 9.09. The second-order valence-electron chi connectivity index (χ2n) is 4.61. The van der Waals surface area contributed by atoms with Gasteiger partial charge in [-0.1, -0.05) is 41.9 Å². The molecule has 0 fully saturated rings. The standard InChI is InChI=1S/C13H15BrF3NO/c1-8(2)11(14)7-9-3-5-10(6-4-9)18-12(19)13(15,16)17/h3-6,8,11H,7H2,1-2H3,(H,18,19). The molecule has 2 nitrogen and oxygen atoms in total. The molecule has 0 saturated heterocycles. The van der Waals surface area contributed by atoms with Crippen LogP contribution in [-0.2, 0) is 11.2 Å². The molecule has 1 aromatic carbocycles. The van der Waals surface area contributed by atoms with Gasteiger partial charge in [-0.3, -0.25) is 4.79 Å². The second kappa shape index (κ2) is 6.41. The number of carbonyl (C=O) groups excluding carboxylic acids is 1. The fourth-order valence-corrected chi connectivity index (χ4v) is 1.76. The van der Waals surface area contributed by atoms with Crippen LogP contribution in [0.25, 0.3) is 0 Å². The van der Waals surface area contributed by atoms with Crippen molar-refractivity contribution < 1.29 is 18.0 Å². The van der Waals surface area contributed by atoms with Gasteiger partial charge in [-0.05, 0) is 30.0 Å². The summed E-state index contributed by atoms with van der Waals surface area (Å²) in [5.74, 6) is -1.49. The van der Waals surface area contributed by atoms with Gasteiger partial charge in [0.15, 0.2) is 0 Å². The van der Waals surface area contributed by atoms with Crippen molar-refractivity contribution in [2.24, 2.45) is 5.92 Å². The maximum atomic E-state index is 12.1. The molecule has 1 atom stereocenters. The Morgan fingerprint density at radius 2 is 1.79 bits per heavy atom. The Kier molecular flexibility index (Phi) is 5.40. The molecule has 0 radical (unpaired) electrons. The van der Waals surface area contributed by atoms with Gasteiger partial charge < -0.3 is 5.32 Å². The van der Waals surface area contributed by atoms with Crippen LogP contribution >= 0.6 is 15.9 Å². The van der Waals surface area contributed by atoms with Crippen LogP contribution in [-0.4, -0.2) is 16.9 Å². The first kappa shape index (κ1) is 16.0. The van der Waals surface area contributed by atoms with Crippen LogP contribution < -0.4 is 5.32 Å². The van der Waals surface area contributed by atoms with Crippen LogP contribution in [0, 0.1) is 5.92 Å². The summed E-state index contributed by atoms with van der Waals surface area (Å²) in [4.78, 5) is 11.1. The van der Waals surface area contributed by atoms with E-state index in [2.05, 4.69) is 29.8 Å². The van der Waals surface area contributed by atoms with Crippen LogP contribution in [0.2, 0.25) is 0 Å². The molecule has 1 unspecified atom stereocenters. The molecule has 1 aromatic rings. The lowest BCUT2D eigenvalue weighted by atomic mass is 10.0. The van der Waals surface area contributed by atoms with E-state index in [1.807, 2.05) is 5.32 Å². The first-order valence-electron chi connectivity index (χ1n) is 5.81. The van der Waals surface area contributed by atoms with Crippen molar-refractivity contribution in [2.75, 3.05) is 5.32 Å². The number of hydrogen-bond donors (Lipinski definition) is 1. The van der Waals surface area contributed by atoms with E-state index in [1.165, 1.54) is 12.1 Å². The van der Waals surface area contributed by atoms with Crippen molar-refractivity contribution in [1.82, 2.24) is 0 Å². The molecule has 0 heterocycles. The SMILES string of the molecule is CC(C)C(Br)Cc1ccc(NC(=O)C(F)(F)F)cc1. The minimum atomic E-state index is -4.86. The highest BCUT2D eigenvalue weighted by Crippen LogP contribution is 2.21. The zero-order valence-electron chi connectivity index (χ0n) is 10.6. The molecule has 106 valence electrons. The number of anilines is 1. The molecule has 0 aromatic heterocycles. The molecule has 0 aliphatic heterocycles. The van der Waals surface area contributed by atoms with E-state index in [4.69, 9.17) is 0 Å². The maximum absolute atomic E-state index is 12.1. The monoisotopic (exact) mass is 337 g/mol. The smallest absolute Gasteiger partial charge is 0.318 e. The number of halogens is 4. The second-order valence-corrected chi connectivity index (χ2v) is 5.79. The summed E-state index contributed by atoms with van der Waals surface area (Å²) < 4.78 is 36.2. The first-order valence-corrected chi connectivity index (χ1v) is 6.73. The summed E-state index contributed by atoms with van der Waals surface area (Å²) in [6, 6.07) is 6.36. The van der Waals surface area contributed by atoms with Gasteiger partial charge in [0.2, 0.25) is 0 Å². The highest BCUT2D eigenvalue weighted by Gasteiger charge is 2.38. The third kappa shape index (κ3) is 5.22. The Labute approximate surface area is 118 Å². The average molecular weight is 338 g/mol. The maximum Gasteiger partial charge on any atom is 0.471 e. The van der Waals surface area contributed by atoms with Crippen molar-refractivity contribution >= 4 is 27.5 Å². The van der Waals surface area contributed by atoms with Gasteiger partial charge in [0, 0.05) is 10.5 Å². The largest absolute Gasteiger partial charge is 0.471 e. The fourth-order valence-electron chi connectivity index (χ4n) is 1.39. The molecule has 0 bridgehead atoms. The number of benzene rings is 1. The Hall–Kier alpha value is -1.04. The number of carbonyl (C=O) groups is 1. The molecule has 1 rings (SSSR count). The highest BCUT2D eigenvalue weighted by atomic mass is 79.9. The molecule has 1 N–H and O–H groups in total. The van der Waals surface area contributed by atoms with E-state index in [-0.39, 0.29) is 5.69 Å². The predicted octanol–water partition coefficient (Wildman–Crippen LogP) is 4.15. The van der Waals surface area contributed by atoms with Gasteiger partial charge in [0.05, 0.1) is 0 Å². The molecule has 19 heavy (non-hydrogen) atoms.